The van der Waals surface area contributed by atoms with Gasteiger partial charge in [0.05, 0.1) is 6.54 Å². The SMILES string of the molecule is CC(C)(CNCC(N)=O)c1cccc2ccccc12. The van der Waals surface area contributed by atoms with E-state index in [1.165, 1.54) is 16.3 Å². The fraction of sp³-hybridized carbons (Fsp3) is 0.312. The topological polar surface area (TPSA) is 55.1 Å². The first kappa shape index (κ1) is 13.6. The summed E-state index contributed by atoms with van der Waals surface area (Å²) in [6.07, 6.45) is 0. The van der Waals surface area contributed by atoms with E-state index in [2.05, 4.69) is 55.6 Å². The molecule has 0 bridgehead atoms. The zero-order valence-corrected chi connectivity index (χ0v) is 11.4. The van der Waals surface area contributed by atoms with Crippen LogP contribution in [-0.4, -0.2) is 19.0 Å². The molecule has 3 heteroatoms. The normalized spacial score (nSPS) is 11.7. The number of rotatable bonds is 5. The van der Waals surface area contributed by atoms with Crippen LogP contribution in [-0.2, 0) is 10.2 Å². The molecular weight excluding hydrogens is 236 g/mol. The fourth-order valence-electron chi connectivity index (χ4n) is 2.41. The minimum atomic E-state index is -0.325. The lowest BCUT2D eigenvalue weighted by Crippen LogP contribution is -2.37. The monoisotopic (exact) mass is 256 g/mol. The van der Waals surface area contributed by atoms with Gasteiger partial charge in [-0.2, -0.15) is 0 Å². The third-order valence-corrected chi connectivity index (χ3v) is 3.38. The second-order valence-electron chi connectivity index (χ2n) is 5.48. The number of carbonyl (C=O) groups excluding carboxylic acids is 1. The average Bonchev–Trinajstić information content (AvgIpc) is 2.37. The first-order valence-corrected chi connectivity index (χ1v) is 6.48. The van der Waals surface area contributed by atoms with E-state index < -0.39 is 0 Å². The highest BCUT2D eigenvalue weighted by Crippen LogP contribution is 2.29. The summed E-state index contributed by atoms with van der Waals surface area (Å²) >= 11 is 0. The number of primary amides is 1. The van der Waals surface area contributed by atoms with E-state index in [-0.39, 0.29) is 17.9 Å². The predicted octanol–water partition coefficient (Wildman–Crippen LogP) is 2.19. The minimum absolute atomic E-state index is 0.0592. The van der Waals surface area contributed by atoms with E-state index in [4.69, 9.17) is 5.73 Å². The highest BCUT2D eigenvalue weighted by atomic mass is 16.1. The van der Waals surface area contributed by atoms with E-state index in [0.717, 1.165) is 0 Å². The van der Waals surface area contributed by atoms with Gasteiger partial charge >= 0.3 is 0 Å². The lowest BCUT2D eigenvalue weighted by molar-refractivity contribution is -0.117. The molecule has 0 unspecified atom stereocenters. The maximum atomic E-state index is 10.8. The molecule has 0 saturated carbocycles. The molecule has 0 heterocycles. The molecule has 19 heavy (non-hydrogen) atoms. The van der Waals surface area contributed by atoms with Crippen molar-refractivity contribution in [2.75, 3.05) is 13.1 Å². The summed E-state index contributed by atoms with van der Waals surface area (Å²) in [5.74, 6) is -0.325. The molecule has 2 rings (SSSR count). The van der Waals surface area contributed by atoms with Gasteiger partial charge in [0, 0.05) is 12.0 Å². The first-order chi connectivity index (χ1) is 9.00. The van der Waals surface area contributed by atoms with Crippen molar-refractivity contribution in [2.45, 2.75) is 19.3 Å². The van der Waals surface area contributed by atoms with Crippen molar-refractivity contribution >= 4 is 16.7 Å². The van der Waals surface area contributed by atoms with Gasteiger partial charge in [0.2, 0.25) is 5.91 Å². The molecule has 0 aliphatic rings. The van der Waals surface area contributed by atoms with Crippen molar-refractivity contribution in [3.05, 3.63) is 48.0 Å². The summed E-state index contributed by atoms with van der Waals surface area (Å²) in [7, 11) is 0. The number of fused-ring (bicyclic) bond motifs is 1. The maximum Gasteiger partial charge on any atom is 0.231 e. The number of nitrogens with two attached hydrogens (primary N) is 1. The third kappa shape index (κ3) is 3.12. The highest BCUT2D eigenvalue weighted by molar-refractivity contribution is 5.86. The van der Waals surface area contributed by atoms with Crippen LogP contribution in [0.25, 0.3) is 10.8 Å². The van der Waals surface area contributed by atoms with Gasteiger partial charge in [0.25, 0.3) is 0 Å². The number of hydrogen-bond acceptors (Lipinski definition) is 2. The van der Waals surface area contributed by atoms with Crippen LogP contribution in [0.15, 0.2) is 42.5 Å². The average molecular weight is 256 g/mol. The Morgan fingerprint density at radius 2 is 1.84 bits per heavy atom. The van der Waals surface area contributed by atoms with E-state index in [9.17, 15) is 4.79 Å². The zero-order valence-electron chi connectivity index (χ0n) is 11.4. The van der Waals surface area contributed by atoms with Crippen molar-refractivity contribution in [3.8, 4) is 0 Å². The number of hydrogen-bond donors (Lipinski definition) is 2. The van der Waals surface area contributed by atoms with Crippen molar-refractivity contribution in [1.29, 1.82) is 0 Å². The Kier molecular flexibility index (Phi) is 3.86. The Morgan fingerprint density at radius 1 is 1.16 bits per heavy atom. The Hall–Kier alpha value is -1.87. The summed E-state index contributed by atoms with van der Waals surface area (Å²) in [4.78, 5) is 10.8. The van der Waals surface area contributed by atoms with Crippen LogP contribution >= 0.6 is 0 Å². The summed E-state index contributed by atoms with van der Waals surface area (Å²) in [6.45, 7) is 5.27. The second kappa shape index (κ2) is 5.41. The van der Waals surface area contributed by atoms with Crippen LogP contribution < -0.4 is 11.1 Å². The highest BCUT2D eigenvalue weighted by Gasteiger charge is 2.22. The fourth-order valence-corrected chi connectivity index (χ4v) is 2.41. The van der Waals surface area contributed by atoms with Gasteiger partial charge in [-0.1, -0.05) is 56.3 Å². The Morgan fingerprint density at radius 3 is 2.58 bits per heavy atom. The van der Waals surface area contributed by atoms with Crippen LogP contribution in [0.4, 0.5) is 0 Å². The molecule has 0 radical (unpaired) electrons. The third-order valence-electron chi connectivity index (χ3n) is 3.38. The molecule has 1 amide bonds. The van der Waals surface area contributed by atoms with Crippen LogP contribution in [0.2, 0.25) is 0 Å². The maximum absolute atomic E-state index is 10.8. The van der Waals surface area contributed by atoms with E-state index in [1.807, 2.05) is 6.07 Å². The Labute approximate surface area is 113 Å². The van der Waals surface area contributed by atoms with Gasteiger partial charge in [-0.3, -0.25) is 4.79 Å². The quantitative estimate of drug-likeness (QED) is 0.861. The van der Waals surface area contributed by atoms with Gasteiger partial charge in [-0.25, -0.2) is 0 Å². The van der Waals surface area contributed by atoms with Crippen molar-refractivity contribution in [2.24, 2.45) is 5.73 Å². The molecule has 3 nitrogen and oxygen atoms in total. The summed E-state index contributed by atoms with van der Waals surface area (Å²) in [5, 5.41) is 5.61. The number of benzene rings is 2. The van der Waals surface area contributed by atoms with Crippen molar-refractivity contribution in [3.63, 3.8) is 0 Å². The Balaban J connectivity index is 2.29. The van der Waals surface area contributed by atoms with Gasteiger partial charge in [-0.05, 0) is 16.3 Å². The van der Waals surface area contributed by atoms with Gasteiger partial charge < -0.3 is 11.1 Å². The molecule has 3 N–H and O–H groups in total. The lowest BCUT2D eigenvalue weighted by Gasteiger charge is -2.27. The smallest absolute Gasteiger partial charge is 0.231 e. The molecule has 0 fully saturated rings. The summed E-state index contributed by atoms with van der Waals surface area (Å²) in [6, 6.07) is 14.7. The van der Waals surface area contributed by atoms with Crippen LogP contribution in [0.5, 0.6) is 0 Å². The van der Waals surface area contributed by atoms with E-state index in [1.54, 1.807) is 0 Å². The Bertz CT molecular complexity index is 585. The molecular formula is C16H20N2O. The number of carbonyl (C=O) groups is 1. The molecule has 0 atom stereocenters. The predicted molar refractivity (Wildman–Crippen MR) is 79.0 cm³/mol. The first-order valence-electron chi connectivity index (χ1n) is 6.48. The van der Waals surface area contributed by atoms with Crippen LogP contribution in [0.1, 0.15) is 19.4 Å². The minimum Gasteiger partial charge on any atom is -0.369 e. The van der Waals surface area contributed by atoms with Crippen molar-refractivity contribution < 1.29 is 4.79 Å². The second-order valence-corrected chi connectivity index (χ2v) is 5.48. The summed E-state index contributed by atoms with van der Waals surface area (Å²) < 4.78 is 0. The molecule has 0 saturated heterocycles. The number of amides is 1. The van der Waals surface area contributed by atoms with Crippen molar-refractivity contribution in [1.82, 2.24) is 5.32 Å². The van der Waals surface area contributed by atoms with E-state index >= 15 is 0 Å². The molecule has 0 aliphatic heterocycles. The zero-order chi connectivity index (χ0) is 13.9. The molecule has 100 valence electrons. The van der Waals surface area contributed by atoms with E-state index in [0.29, 0.717) is 6.54 Å². The van der Waals surface area contributed by atoms with Crippen LogP contribution in [0, 0.1) is 0 Å². The van der Waals surface area contributed by atoms with Gasteiger partial charge in [0.15, 0.2) is 0 Å². The standard InChI is InChI=1S/C16H20N2O/c1-16(2,11-18-10-15(17)19)14-9-5-7-12-6-3-4-8-13(12)14/h3-9,18H,10-11H2,1-2H3,(H2,17,19). The molecule has 2 aromatic carbocycles. The lowest BCUT2D eigenvalue weighted by atomic mass is 9.81. The number of nitrogens with one attached hydrogen (secondary N) is 1. The molecule has 0 aliphatic carbocycles. The van der Waals surface area contributed by atoms with Crippen LogP contribution in [0.3, 0.4) is 0 Å². The molecule has 2 aromatic rings. The molecule has 0 spiro atoms. The summed E-state index contributed by atoms with van der Waals surface area (Å²) in [5.41, 5.74) is 6.37. The van der Waals surface area contributed by atoms with Gasteiger partial charge in [-0.15, -0.1) is 0 Å². The largest absolute Gasteiger partial charge is 0.369 e. The van der Waals surface area contributed by atoms with Gasteiger partial charge in [0.1, 0.15) is 0 Å². The molecule has 0 aromatic heterocycles.